The van der Waals surface area contributed by atoms with Crippen LogP contribution in [-0.2, 0) is 32.6 Å². The number of carbonyl (C=O) groups excluding carboxylic acids is 2. The van der Waals surface area contributed by atoms with E-state index in [2.05, 4.69) is 5.32 Å². The maximum Gasteiger partial charge on any atom is 0.264 e. The van der Waals surface area contributed by atoms with Crippen LogP contribution < -0.4 is 14.4 Å². The second-order valence-electron chi connectivity index (χ2n) is 13.4. The molecule has 1 atom stereocenters. The van der Waals surface area contributed by atoms with Crippen LogP contribution in [-0.4, -0.2) is 43.8 Å². The molecule has 0 heterocycles. The summed E-state index contributed by atoms with van der Waals surface area (Å²) in [5.74, 6) is 0.415. The van der Waals surface area contributed by atoms with E-state index in [1.807, 2.05) is 98.8 Å². The summed E-state index contributed by atoms with van der Waals surface area (Å²) in [6.45, 7) is 3.47. The second kappa shape index (κ2) is 16.7. The Morgan fingerprint density at radius 3 is 1.88 bits per heavy atom. The minimum Gasteiger partial charge on any atom is -0.457 e. The quantitative estimate of drug-likeness (QED) is 0.126. The number of carbonyl (C=O) groups is 2. The Hall–Kier alpha value is -5.41. The molecular formula is C43H45N3O5S. The summed E-state index contributed by atoms with van der Waals surface area (Å²) in [5, 5.41) is 3.22. The van der Waals surface area contributed by atoms with Gasteiger partial charge in [0.25, 0.3) is 10.0 Å². The predicted molar refractivity (Wildman–Crippen MR) is 205 cm³/mol. The zero-order valence-electron chi connectivity index (χ0n) is 29.7. The maximum atomic E-state index is 14.8. The third-order valence-corrected chi connectivity index (χ3v) is 11.2. The molecule has 268 valence electrons. The fourth-order valence-corrected chi connectivity index (χ4v) is 7.90. The van der Waals surface area contributed by atoms with Gasteiger partial charge in [0.2, 0.25) is 11.8 Å². The first-order valence-electron chi connectivity index (χ1n) is 17.8. The average molecular weight is 716 g/mol. The highest BCUT2D eigenvalue weighted by molar-refractivity contribution is 7.92. The standard InChI is InChI=1S/C43H45N3O5S/c1-32-17-21-35(22-18-32)30-45(41(29-34-11-5-3-6-12-34)43(48)44-36-13-9-10-14-36)42(47)31-46(52(49,50)40-27-19-33(2)20-28-40)37-23-25-39(26-24-37)51-38-15-7-4-8-16-38/h3-8,11-12,15-28,36,41H,9-10,13-14,29-31H2,1-2H3,(H,44,48)/t41-/m0/s1. The Balaban J connectivity index is 1.38. The number of hydrogen-bond acceptors (Lipinski definition) is 5. The number of nitrogens with one attached hydrogen (secondary N) is 1. The number of anilines is 1. The molecule has 0 bridgehead atoms. The maximum absolute atomic E-state index is 14.8. The summed E-state index contributed by atoms with van der Waals surface area (Å²) in [4.78, 5) is 30.7. The topological polar surface area (TPSA) is 96.0 Å². The predicted octanol–water partition coefficient (Wildman–Crippen LogP) is 7.99. The Labute approximate surface area is 307 Å². The lowest BCUT2D eigenvalue weighted by atomic mass is 10.0. The molecule has 1 fully saturated rings. The number of sulfonamides is 1. The molecule has 1 aliphatic carbocycles. The molecular weight excluding hydrogens is 671 g/mol. The number of hydrogen-bond donors (Lipinski definition) is 1. The largest absolute Gasteiger partial charge is 0.457 e. The van der Waals surface area contributed by atoms with E-state index in [0.29, 0.717) is 17.2 Å². The van der Waals surface area contributed by atoms with Gasteiger partial charge in [-0.2, -0.15) is 0 Å². The third kappa shape index (κ3) is 9.27. The number of rotatable bonds is 14. The lowest BCUT2D eigenvalue weighted by Crippen LogP contribution is -2.54. The summed E-state index contributed by atoms with van der Waals surface area (Å²) in [6, 6.07) is 39.1. The van der Waals surface area contributed by atoms with E-state index < -0.39 is 28.5 Å². The van der Waals surface area contributed by atoms with Gasteiger partial charge >= 0.3 is 0 Å². The second-order valence-corrected chi connectivity index (χ2v) is 15.3. The number of aryl methyl sites for hydroxylation is 2. The molecule has 0 aromatic heterocycles. The van der Waals surface area contributed by atoms with Crippen LogP contribution in [0, 0.1) is 13.8 Å². The number of ether oxygens (including phenoxy) is 1. The Kier molecular flexibility index (Phi) is 11.7. The van der Waals surface area contributed by atoms with E-state index in [0.717, 1.165) is 52.2 Å². The lowest BCUT2D eigenvalue weighted by Gasteiger charge is -2.34. The first-order valence-corrected chi connectivity index (χ1v) is 19.2. The Morgan fingerprint density at radius 2 is 1.27 bits per heavy atom. The fraction of sp³-hybridized carbons (Fsp3) is 0.256. The minimum atomic E-state index is -4.23. The molecule has 0 spiro atoms. The molecule has 5 aromatic rings. The van der Waals surface area contributed by atoms with E-state index in [-0.39, 0.29) is 29.8 Å². The van der Waals surface area contributed by atoms with E-state index >= 15 is 0 Å². The monoisotopic (exact) mass is 715 g/mol. The number of para-hydroxylation sites is 1. The van der Waals surface area contributed by atoms with Crippen LogP contribution in [0.4, 0.5) is 5.69 Å². The van der Waals surface area contributed by atoms with Crippen LogP contribution in [0.5, 0.6) is 11.5 Å². The molecule has 0 saturated heterocycles. The molecule has 0 unspecified atom stereocenters. The van der Waals surface area contributed by atoms with Gasteiger partial charge in [0.1, 0.15) is 24.1 Å². The van der Waals surface area contributed by atoms with Gasteiger partial charge in [-0.1, -0.05) is 109 Å². The molecule has 2 amide bonds. The lowest BCUT2D eigenvalue weighted by molar-refractivity contribution is -0.140. The first-order chi connectivity index (χ1) is 25.2. The van der Waals surface area contributed by atoms with Crippen LogP contribution in [0.15, 0.2) is 138 Å². The minimum absolute atomic E-state index is 0.0390. The van der Waals surface area contributed by atoms with E-state index in [4.69, 9.17) is 4.74 Å². The Morgan fingerprint density at radius 1 is 0.712 bits per heavy atom. The van der Waals surface area contributed by atoms with Gasteiger partial charge in [-0.25, -0.2) is 8.42 Å². The van der Waals surface area contributed by atoms with Gasteiger partial charge in [0, 0.05) is 19.0 Å². The average Bonchev–Trinajstić information content (AvgIpc) is 3.67. The fourth-order valence-electron chi connectivity index (χ4n) is 6.48. The van der Waals surface area contributed by atoms with Gasteiger partial charge in [-0.15, -0.1) is 0 Å². The van der Waals surface area contributed by atoms with E-state index in [1.54, 1.807) is 53.4 Å². The SMILES string of the molecule is Cc1ccc(CN(C(=O)CN(c2ccc(Oc3ccccc3)cc2)S(=O)(=O)c2ccc(C)cc2)[C@@H](Cc2ccccc2)C(=O)NC2CCCC2)cc1. The summed E-state index contributed by atoms with van der Waals surface area (Å²) < 4.78 is 36.0. The zero-order valence-corrected chi connectivity index (χ0v) is 30.5. The molecule has 0 aliphatic heterocycles. The van der Waals surface area contributed by atoms with Crippen molar-refractivity contribution < 1.29 is 22.7 Å². The summed E-state index contributed by atoms with van der Waals surface area (Å²) in [6.07, 6.45) is 4.14. The smallest absolute Gasteiger partial charge is 0.264 e. The highest BCUT2D eigenvalue weighted by Crippen LogP contribution is 2.29. The number of amides is 2. The highest BCUT2D eigenvalue weighted by atomic mass is 32.2. The molecule has 1 aliphatic rings. The van der Waals surface area contributed by atoms with Crippen molar-refractivity contribution in [2.75, 3.05) is 10.8 Å². The van der Waals surface area contributed by atoms with Gasteiger partial charge < -0.3 is 15.0 Å². The molecule has 0 radical (unpaired) electrons. The number of benzene rings is 5. The van der Waals surface area contributed by atoms with Crippen molar-refractivity contribution in [3.8, 4) is 11.5 Å². The molecule has 6 rings (SSSR count). The van der Waals surface area contributed by atoms with Crippen molar-refractivity contribution in [2.45, 2.75) is 69.5 Å². The molecule has 5 aromatic carbocycles. The van der Waals surface area contributed by atoms with Crippen molar-refractivity contribution in [2.24, 2.45) is 0 Å². The van der Waals surface area contributed by atoms with Crippen molar-refractivity contribution in [3.05, 3.63) is 156 Å². The summed E-state index contributed by atoms with van der Waals surface area (Å²) in [5.41, 5.74) is 4.00. The molecule has 1 saturated carbocycles. The van der Waals surface area contributed by atoms with E-state index in [1.165, 1.54) is 0 Å². The first kappa shape index (κ1) is 36.4. The van der Waals surface area contributed by atoms with E-state index in [9.17, 15) is 18.0 Å². The number of nitrogens with zero attached hydrogens (tertiary/aromatic N) is 2. The Bertz CT molecular complexity index is 2030. The van der Waals surface area contributed by atoms with Crippen molar-refractivity contribution >= 4 is 27.5 Å². The molecule has 8 nitrogen and oxygen atoms in total. The van der Waals surface area contributed by atoms with Crippen LogP contribution in [0.3, 0.4) is 0 Å². The van der Waals surface area contributed by atoms with Crippen LogP contribution in [0.25, 0.3) is 0 Å². The van der Waals surface area contributed by atoms with Crippen molar-refractivity contribution in [1.29, 1.82) is 0 Å². The van der Waals surface area contributed by atoms with Crippen LogP contribution >= 0.6 is 0 Å². The third-order valence-electron chi connectivity index (χ3n) is 9.44. The molecule has 9 heteroatoms. The van der Waals surface area contributed by atoms with Crippen molar-refractivity contribution in [3.63, 3.8) is 0 Å². The van der Waals surface area contributed by atoms with Crippen LogP contribution in [0.2, 0.25) is 0 Å². The normalized spacial score (nSPS) is 13.7. The highest BCUT2D eigenvalue weighted by Gasteiger charge is 2.35. The van der Waals surface area contributed by atoms with Gasteiger partial charge in [-0.05, 0) is 86.3 Å². The summed E-state index contributed by atoms with van der Waals surface area (Å²) >= 11 is 0. The molecule has 52 heavy (non-hydrogen) atoms. The van der Waals surface area contributed by atoms with Gasteiger partial charge in [-0.3, -0.25) is 13.9 Å². The van der Waals surface area contributed by atoms with Gasteiger partial charge in [0.15, 0.2) is 0 Å². The zero-order chi connectivity index (χ0) is 36.5. The molecule has 1 N–H and O–H groups in total. The van der Waals surface area contributed by atoms with Gasteiger partial charge in [0.05, 0.1) is 10.6 Å². The van der Waals surface area contributed by atoms with Crippen molar-refractivity contribution in [1.82, 2.24) is 10.2 Å². The van der Waals surface area contributed by atoms with Crippen LogP contribution in [0.1, 0.15) is 47.9 Å². The summed E-state index contributed by atoms with van der Waals surface area (Å²) in [7, 11) is -4.23.